The third kappa shape index (κ3) is 3.92. The molecule has 1 rings (SSSR count). The zero-order valence-electron chi connectivity index (χ0n) is 9.71. The lowest BCUT2D eigenvalue weighted by Gasteiger charge is -2.31. The summed E-state index contributed by atoms with van der Waals surface area (Å²) >= 11 is 0. The van der Waals surface area contributed by atoms with Crippen LogP contribution in [0.15, 0.2) is 36.6 Å². The Hall–Kier alpha value is -1.02. The molecule has 2 heteroatoms. The van der Waals surface area contributed by atoms with E-state index in [2.05, 4.69) is 31.1 Å². The fourth-order valence-electron chi connectivity index (χ4n) is 2.00. The third-order valence-corrected chi connectivity index (χ3v) is 2.77. The second-order valence-corrected chi connectivity index (χ2v) is 4.36. The van der Waals surface area contributed by atoms with Crippen LogP contribution in [0.5, 0.6) is 0 Å². The van der Waals surface area contributed by atoms with Crippen LogP contribution in [0, 0.1) is 5.92 Å². The van der Waals surface area contributed by atoms with E-state index in [1.54, 1.807) is 0 Å². The summed E-state index contributed by atoms with van der Waals surface area (Å²) in [7, 11) is 0. The first-order valence-electron chi connectivity index (χ1n) is 5.58. The van der Waals surface area contributed by atoms with Gasteiger partial charge in [0, 0.05) is 24.7 Å². The van der Waals surface area contributed by atoms with Gasteiger partial charge in [0.05, 0.1) is 0 Å². The number of nitrogens with zero attached hydrogens (tertiary/aromatic N) is 1. The predicted octanol–water partition coefficient (Wildman–Crippen LogP) is 2.30. The van der Waals surface area contributed by atoms with Crippen molar-refractivity contribution in [3.63, 3.8) is 0 Å². The third-order valence-electron chi connectivity index (χ3n) is 2.77. The van der Waals surface area contributed by atoms with Crippen LogP contribution < -0.4 is 5.73 Å². The van der Waals surface area contributed by atoms with E-state index in [-0.39, 0.29) is 0 Å². The van der Waals surface area contributed by atoms with Gasteiger partial charge in [0.25, 0.3) is 0 Å². The quantitative estimate of drug-likeness (QED) is 0.552. The smallest absolute Gasteiger partial charge is 0.0289 e. The van der Waals surface area contributed by atoms with Crippen molar-refractivity contribution in [2.45, 2.75) is 19.8 Å². The van der Waals surface area contributed by atoms with Gasteiger partial charge >= 0.3 is 0 Å². The molecular weight excluding hydrogens is 184 g/mol. The molecule has 0 amide bonds. The minimum atomic E-state index is 0.336. The summed E-state index contributed by atoms with van der Waals surface area (Å²) < 4.78 is 0. The summed E-state index contributed by atoms with van der Waals surface area (Å²) in [6.07, 6.45) is 6.49. The van der Waals surface area contributed by atoms with E-state index in [0.717, 1.165) is 31.8 Å². The molecule has 84 valence electrons. The maximum absolute atomic E-state index is 5.76. The van der Waals surface area contributed by atoms with Crippen molar-refractivity contribution in [2.24, 2.45) is 11.7 Å². The van der Waals surface area contributed by atoms with Gasteiger partial charge in [0.2, 0.25) is 0 Å². The van der Waals surface area contributed by atoms with Crippen molar-refractivity contribution < 1.29 is 0 Å². The summed E-state index contributed by atoms with van der Waals surface area (Å²) in [6, 6.07) is 0. The van der Waals surface area contributed by atoms with Gasteiger partial charge in [-0.15, -0.1) is 6.58 Å². The van der Waals surface area contributed by atoms with Crippen LogP contribution in [-0.4, -0.2) is 24.5 Å². The van der Waals surface area contributed by atoms with E-state index in [9.17, 15) is 0 Å². The van der Waals surface area contributed by atoms with Crippen LogP contribution in [-0.2, 0) is 0 Å². The molecule has 1 aliphatic heterocycles. The van der Waals surface area contributed by atoms with E-state index < -0.39 is 0 Å². The van der Waals surface area contributed by atoms with Gasteiger partial charge in [0.1, 0.15) is 0 Å². The molecule has 15 heavy (non-hydrogen) atoms. The SMILES string of the molecule is C=CCCCN1CC(C)=CC(C(=C)N)C1. The first-order chi connectivity index (χ1) is 7.13. The highest BCUT2D eigenvalue weighted by molar-refractivity contribution is 5.16. The van der Waals surface area contributed by atoms with Crippen molar-refractivity contribution in [1.29, 1.82) is 0 Å². The summed E-state index contributed by atoms with van der Waals surface area (Å²) in [6.45, 7) is 12.9. The highest BCUT2D eigenvalue weighted by Crippen LogP contribution is 2.18. The van der Waals surface area contributed by atoms with Crippen molar-refractivity contribution >= 4 is 0 Å². The largest absolute Gasteiger partial charge is 0.402 e. The molecule has 0 saturated heterocycles. The van der Waals surface area contributed by atoms with E-state index in [1.807, 2.05) is 6.08 Å². The number of hydrogen-bond acceptors (Lipinski definition) is 2. The number of rotatable bonds is 5. The average molecular weight is 206 g/mol. The Morgan fingerprint density at radius 2 is 2.47 bits per heavy atom. The highest BCUT2D eigenvalue weighted by atomic mass is 15.1. The summed E-state index contributed by atoms with van der Waals surface area (Å²) in [4.78, 5) is 2.45. The molecule has 0 aromatic heterocycles. The summed E-state index contributed by atoms with van der Waals surface area (Å²) in [5.41, 5.74) is 7.94. The molecule has 0 aromatic rings. The standard InChI is InChI=1S/C13H22N2/c1-4-5-6-7-15-9-11(2)8-13(10-15)12(3)14/h4,8,13H,1,3,5-7,9-10,14H2,2H3. The Kier molecular flexibility index (Phi) is 4.63. The average Bonchev–Trinajstić information content (AvgIpc) is 2.17. The monoisotopic (exact) mass is 206 g/mol. The molecule has 0 bridgehead atoms. The van der Waals surface area contributed by atoms with Crippen molar-refractivity contribution in [2.75, 3.05) is 19.6 Å². The Balaban J connectivity index is 2.45. The number of allylic oxidation sites excluding steroid dienone is 1. The van der Waals surface area contributed by atoms with Crippen LogP contribution in [0.2, 0.25) is 0 Å². The van der Waals surface area contributed by atoms with Crippen LogP contribution >= 0.6 is 0 Å². The first kappa shape index (κ1) is 12.1. The molecule has 0 aliphatic carbocycles. The lowest BCUT2D eigenvalue weighted by Crippen LogP contribution is -2.36. The molecule has 1 heterocycles. The molecule has 2 N–H and O–H groups in total. The molecule has 0 radical (unpaired) electrons. The fourth-order valence-corrected chi connectivity index (χ4v) is 2.00. The van der Waals surface area contributed by atoms with Crippen LogP contribution in [0.3, 0.4) is 0 Å². The minimum absolute atomic E-state index is 0.336. The van der Waals surface area contributed by atoms with Gasteiger partial charge in [-0.05, 0) is 26.3 Å². The normalized spacial score (nSPS) is 22.2. The molecular formula is C13H22N2. The van der Waals surface area contributed by atoms with Gasteiger partial charge in [0.15, 0.2) is 0 Å². The molecule has 0 saturated carbocycles. The maximum atomic E-state index is 5.76. The maximum Gasteiger partial charge on any atom is 0.0289 e. The van der Waals surface area contributed by atoms with E-state index in [4.69, 9.17) is 5.73 Å². The van der Waals surface area contributed by atoms with Crippen LogP contribution in [0.25, 0.3) is 0 Å². The Morgan fingerprint density at radius 3 is 3.07 bits per heavy atom. The fraction of sp³-hybridized carbons (Fsp3) is 0.538. The van der Waals surface area contributed by atoms with Gasteiger partial charge in [-0.3, -0.25) is 4.90 Å². The predicted molar refractivity (Wildman–Crippen MR) is 66.4 cm³/mol. The Bertz CT molecular complexity index is 266. The number of hydrogen-bond donors (Lipinski definition) is 1. The lowest BCUT2D eigenvalue weighted by molar-refractivity contribution is 0.261. The summed E-state index contributed by atoms with van der Waals surface area (Å²) in [5.74, 6) is 0.336. The molecule has 1 unspecified atom stereocenters. The van der Waals surface area contributed by atoms with Crippen molar-refractivity contribution in [1.82, 2.24) is 4.90 Å². The van der Waals surface area contributed by atoms with Gasteiger partial charge < -0.3 is 5.73 Å². The van der Waals surface area contributed by atoms with E-state index in [0.29, 0.717) is 5.92 Å². The van der Waals surface area contributed by atoms with E-state index >= 15 is 0 Å². The second kappa shape index (κ2) is 5.76. The Labute approximate surface area is 93.1 Å². The first-order valence-corrected chi connectivity index (χ1v) is 5.58. The summed E-state index contributed by atoms with van der Waals surface area (Å²) in [5, 5.41) is 0. The molecule has 2 nitrogen and oxygen atoms in total. The zero-order valence-corrected chi connectivity index (χ0v) is 9.71. The van der Waals surface area contributed by atoms with Crippen molar-refractivity contribution in [3.05, 3.63) is 36.6 Å². The molecule has 0 spiro atoms. The minimum Gasteiger partial charge on any atom is -0.402 e. The molecule has 0 aromatic carbocycles. The van der Waals surface area contributed by atoms with Crippen LogP contribution in [0.1, 0.15) is 19.8 Å². The van der Waals surface area contributed by atoms with E-state index in [1.165, 1.54) is 12.0 Å². The van der Waals surface area contributed by atoms with Crippen LogP contribution in [0.4, 0.5) is 0 Å². The topological polar surface area (TPSA) is 29.3 Å². The van der Waals surface area contributed by atoms with Crippen molar-refractivity contribution in [3.8, 4) is 0 Å². The second-order valence-electron chi connectivity index (χ2n) is 4.36. The highest BCUT2D eigenvalue weighted by Gasteiger charge is 2.18. The molecule has 1 aliphatic rings. The number of nitrogens with two attached hydrogens (primary N) is 1. The van der Waals surface area contributed by atoms with Gasteiger partial charge in [-0.1, -0.05) is 24.3 Å². The molecule has 1 atom stereocenters. The zero-order chi connectivity index (χ0) is 11.3. The van der Waals surface area contributed by atoms with Gasteiger partial charge in [-0.25, -0.2) is 0 Å². The Morgan fingerprint density at radius 1 is 1.73 bits per heavy atom. The van der Waals surface area contributed by atoms with Gasteiger partial charge in [-0.2, -0.15) is 0 Å². The molecule has 0 fully saturated rings. The number of unbranched alkanes of at least 4 members (excludes halogenated alkanes) is 1. The lowest BCUT2D eigenvalue weighted by atomic mass is 9.98.